The fourth-order valence-electron chi connectivity index (χ4n) is 3.96. The summed E-state index contributed by atoms with van der Waals surface area (Å²) in [7, 11) is 23.0. The summed E-state index contributed by atoms with van der Waals surface area (Å²) in [6.07, 6.45) is 4.05. The molecule has 2 amide bonds. The first-order valence-electron chi connectivity index (χ1n) is 9.90. The molecule has 1 heterocycles. The number of hydrogen-bond donors (Lipinski definition) is 4. The molecule has 1 aromatic heterocycles. The Bertz CT molecular complexity index is 1040. The van der Waals surface area contributed by atoms with Gasteiger partial charge in [-0.25, -0.2) is 19.1 Å². The average Bonchev–Trinajstić information content (AvgIpc) is 3.33. The Hall–Kier alpha value is -1.55. The lowest BCUT2D eigenvalue weighted by atomic mass is 9.49. The molecule has 0 spiro atoms. The molecule has 1 unspecified atom stereocenters. The molecule has 6 N–H and O–H groups in total. The highest BCUT2D eigenvalue weighted by Crippen LogP contribution is 2.47. The molecule has 2 aromatic rings. The Morgan fingerprint density at radius 1 is 1.19 bits per heavy atom. The molecule has 0 saturated carbocycles. The van der Waals surface area contributed by atoms with E-state index in [0.717, 1.165) is 33.6 Å². The zero-order valence-corrected chi connectivity index (χ0v) is 19.6. The van der Waals surface area contributed by atoms with Crippen molar-refractivity contribution in [3.8, 4) is 0 Å². The smallest absolute Gasteiger partial charge is 0.316 e. The zero-order chi connectivity index (χ0) is 24.1. The molecule has 7 nitrogen and oxygen atoms in total. The summed E-state index contributed by atoms with van der Waals surface area (Å²) in [5.74, 6) is 0. The van der Waals surface area contributed by atoms with Crippen LogP contribution in [0.15, 0.2) is 16.5 Å². The Labute approximate surface area is 199 Å². The van der Waals surface area contributed by atoms with Gasteiger partial charge < -0.3 is 16.2 Å². The minimum Gasteiger partial charge on any atom is -0.383 e. The molecule has 4 rings (SSSR count). The van der Waals surface area contributed by atoms with Gasteiger partial charge in [-0.15, -0.1) is 11.3 Å². The molecule has 32 heavy (non-hydrogen) atoms. The largest absolute Gasteiger partial charge is 0.383 e. The maximum absolute atomic E-state index is 11.3. The summed E-state index contributed by atoms with van der Waals surface area (Å²) in [5, 5.41) is 16.0. The molecule has 2 aliphatic carbocycles. The van der Waals surface area contributed by atoms with Crippen molar-refractivity contribution in [2.45, 2.75) is 59.8 Å². The minimum atomic E-state index is -1.50. The van der Waals surface area contributed by atoms with Crippen molar-refractivity contribution in [2.75, 3.05) is 5.32 Å². The van der Waals surface area contributed by atoms with Crippen molar-refractivity contribution < 1.29 is 14.1 Å². The van der Waals surface area contributed by atoms with Gasteiger partial charge in [0.1, 0.15) is 25.8 Å². The number of rotatable bonds is 3. The second-order valence-electron chi connectivity index (χ2n) is 8.71. The van der Waals surface area contributed by atoms with E-state index in [9.17, 15) is 14.1 Å². The number of carbonyl (C=O) groups is 1. The number of aromatic nitrogens is 1. The van der Waals surface area contributed by atoms with Crippen LogP contribution in [0.5, 0.6) is 0 Å². The van der Waals surface area contributed by atoms with Crippen molar-refractivity contribution in [3.63, 3.8) is 0 Å². The number of nitrogens with zero attached hydrogens (tertiary/aromatic N) is 1. The summed E-state index contributed by atoms with van der Waals surface area (Å²) in [4.78, 5) is 15.2. The minimum absolute atomic E-state index is 0.479. The van der Waals surface area contributed by atoms with Gasteiger partial charge in [-0.05, 0) is 37.8 Å². The maximum atomic E-state index is 11.3. The van der Waals surface area contributed by atoms with Gasteiger partial charge in [-0.2, -0.15) is 0 Å². The second kappa shape index (κ2) is 8.66. The molecule has 160 valence electrons. The van der Waals surface area contributed by atoms with Crippen LogP contribution in [0.1, 0.15) is 54.0 Å². The quantitative estimate of drug-likeness (QED) is 0.493. The normalized spacial score (nSPS) is 18.8. The zero-order valence-electron chi connectivity index (χ0n) is 18.0. The van der Waals surface area contributed by atoms with Crippen LogP contribution in [0.25, 0.3) is 0 Å². The van der Waals surface area contributed by atoms with E-state index in [1.54, 1.807) is 13.8 Å². The Morgan fingerprint density at radius 2 is 1.69 bits per heavy atom. The van der Waals surface area contributed by atoms with Crippen molar-refractivity contribution in [3.05, 3.63) is 39.5 Å². The predicted octanol–water partition coefficient (Wildman–Crippen LogP) is 0.401. The lowest BCUT2D eigenvalue weighted by molar-refractivity contribution is 0.0783. The van der Waals surface area contributed by atoms with Gasteiger partial charge in [0.05, 0.1) is 37.6 Å². The van der Waals surface area contributed by atoms with Crippen LogP contribution in [0.2, 0.25) is 0 Å². The molecular formula is C19H22B4N4O3S2. The summed E-state index contributed by atoms with van der Waals surface area (Å²) in [6, 6.07) is 1.29. The van der Waals surface area contributed by atoms with Crippen LogP contribution >= 0.6 is 11.3 Å². The first-order valence-corrected chi connectivity index (χ1v) is 11.9. The molecule has 1 aromatic carbocycles. The summed E-state index contributed by atoms with van der Waals surface area (Å²) < 4.78 is 11.2. The number of fused-ring (bicyclic) bond motifs is 2. The number of urea groups is 1. The number of anilines is 1. The van der Waals surface area contributed by atoms with Crippen LogP contribution in [0.4, 0.5) is 10.5 Å². The number of hydrogen-bond acceptors (Lipinski definition) is 5. The lowest BCUT2D eigenvalue weighted by Gasteiger charge is -2.26. The van der Waals surface area contributed by atoms with E-state index in [0.29, 0.717) is 40.6 Å². The van der Waals surface area contributed by atoms with Gasteiger partial charge in [0.2, 0.25) is 0 Å². The monoisotopic (exact) mass is 462 g/mol. The molecule has 1 atom stereocenters. The van der Waals surface area contributed by atoms with Crippen molar-refractivity contribution in [1.82, 2.24) is 4.98 Å². The topological polar surface area (TPSA) is 131 Å². The number of nitrogens with one attached hydrogen (secondary N) is 1. The van der Waals surface area contributed by atoms with Crippen molar-refractivity contribution in [1.29, 1.82) is 0 Å². The fourth-order valence-corrected chi connectivity index (χ4v) is 5.34. The number of carbonyl (C=O) groups excluding carboxylic acids is 1. The van der Waals surface area contributed by atoms with E-state index >= 15 is 0 Å². The van der Waals surface area contributed by atoms with Crippen molar-refractivity contribution in [2.24, 2.45) is 10.9 Å². The van der Waals surface area contributed by atoms with Crippen LogP contribution < -0.4 is 16.2 Å². The van der Waals surface area contributed by atoms with E-state index in [2.05, 4.69) is 10.3 Å². The van der Waals surface area contributed by atoms with Crippen LogP contribution in [0.3, 0.4) is 0 Å². The van der Waals surface area contributed by atoms with E-state index in [4.69, 9.17) is 42.3 Å². The Morgan fingerprint density at radius 3 is 2.03 bits per heavy atom. The summed E-state index contributed by atoms with van der Waals surface area (Å²) in [5.41, 5.74) is 8.47. The molecule has 0 bridgehead atoms. The number of aliphatic hydroxyl groups is 1. The number of thiazole rings is 1. The van der Waals surface area contributed by atoms with E-state index in [1.165, 1.54) is 6.20 Å². The predicted molar refractivity (Wildman–Crippen MR) is 131 cm³/mol. The maximum Gasteiger partial charge on any atom is 0.316 e. The molecule has 0 fully saturated rings. The first kappa shape index (κ1) is 25.1. The molecule has 2 aliphatic rings. The number of benzene rings is 1. The standard InChI is InChI=1S/C13H12B4N2O.C6H10N2O2S2/c14-12(15)3-1-6-8(12)5-9-7(2-4-13(9,16)17)10(6)19-11(18)20;1-6(2,9)5-8-3-4(11-5)12(7)10/h5H,1-4H2,(H3,18,19,20);3,9H,7H2,1-2H3. The molecular weight excluding hydrogens is 440 g/mol. The van der Waals surface area contributed by atoms with Gasteiger partial charge in [0, 0.05) is 5.69 Å². The van der Waals surface area contributed by atoms with Crippen LogP contribution in [0, 0.1) is 0 Å². The number of amides is 2. The molecule has 8 radical (unpaired) electrons. The van der Waals surface area contributed by atoms with E-state index in [-0.39, 0.29) is 0 Å². The van der Waals surface area contributed by atoms with Gasteiger partial charge in [-0.1, -0.05) is 40.5 Å². The highest BCUT2D eigenvalue weighted by molar-refractivity contribution is 7.85. The Balaban J connectivity index is 0.000000207. The highest BCUT2D eigenvalue weighted by atomic mass is 32.2. The van der Waals surface area contributed by atoms with Gasteiger partial charge in [-0.3, -0.25) is 0 Å². The summed E-state index contributed by atoms with van der Waals surface area (Å²) in [6.45, 7) is 3.24. The lowest BCUT2D eigenvalue weighted by Crippen LogP contribution is -2.27. The van der Waals surface area contributed by atoms with Crippen molar-refractivity contribution >= 4 is 65.4 Å². The third-order valence-electron chi connectivity index (χ3n) is 5.58. The summed E-state index contributed by atoms with van der Waals surface area (Å²) >= 11 is 1.16. The number of nitrogens with two attached hydrogens (primary N) is 2. The first-order chi connectivity index (χ1) is 14.6. The van der Waals surface area contributed by atoms with Gasteiger partial charge in [0.15, 0.2) is 0 Å². The third kappa shape index (κ3) is 5.00. The third-order valence-corrected chi connectivity index (χ3v) is 7.93. The average molecular weight is 462 g/mol. The van der Waals surface area contributed by atoms with E-state index in [1.807, 2.05) is 6.07 Å². The van der Waals surface area contributed by atoms with Crippen LogP contribution in [-0.4, -0.2) is 51.7 Å². The molecule has 13 heteroatoms. The highest BCUT2D eigenvalue weighted by Gasteiger charge is 2.38. The van der Waals surface area contributed by atoms with Crippen LogP contribution in [-0.2, 0) is 39.9 Å². The van der Waals surface area contributed by atoms with E-state index < -0.39 is 33.0 Å². The molecule has 0 aliphatic heterocycles. The fraction of sp³-hybridized carbons (Fsp3) is 0.474. The second-order valence-corrected chi connectivity index (χ2v) is 11.0. The Kier molecular flexibility index (Phi) is 6.79. The van der Waals surface area contributed by atoms with Gasteiger partial charge >= 0.3 is 6.03 Å². The van der Waals surface area contributed by atoms with Gasteiger partial charge in [0.25, 0.3) is 0 Å². The number of primary amides is 1. The molecule has 0 saturated heterocycles. The SMILES string of the molecule is CC(C)(O)c1ncc(S(N)=O)s1.[B]C1([B])CCc2c1cc1c(c2NC(N)=O)CCC1([B])[B].